The van der Waals surface area contributed by atoms with Gasteiger partial charge in [-0.3, -0.25) is 0 Å². The van der Waals surface area contributed by atoms with Crippen molar-refractivity contribution in [1.29, 1.82) is 0 Å². The Morgan fingerprint density at radius 2 is 1.93 bits per heavy atom. The first-order valence-corrected chi connectivity index (χ1v) is 9.62. The van der Waals surface area contributed by atoms with E-state index in [4.69, 9.17) is 19.8 Å². The fourth-order valence-corrected chi connectivity index (χ4v) is 3.40. The number of rotatable bonds is 7. The number of aromatic nitrogens is 5. The molecule has 2 heterocycles. The molecule has 0 atom stereocenters. The molecule has 2 aromatic heterocycles. The largest absolute Gasteiger partial charge is 0.497 e. The van der Waals surface area contributed by atoms with Crippen molar-refractivity contribution in [2.24, 2.45) is 0 Å². The van der Waals surface area contributed by atoms with Gasteiger partial charge in [-0.05, 0) is 24.3 Å². The smallest absolute Gasteiger partial charge is 0.237 e. The summed E-state index contributed by atoms with van der Waals surface area (Å²) in [7, 11) is 3.21. The Kier molecular flexibility index (Phi) is 5.34. The average Bonchev–Trinajstić information content (AvgIpc) is 3.39. The van der Waals surface area contributed by atoms with Gasteiger partial charge in [0.05, 0.1) is 25.5 Å². The highest BCUT2D eigenvalue weighted by Gasteiger charge is 2.17. The standard InChI is InChI=1S/C19H18N6O3S/c1-26-13-7-5-6-12(10-13)17-21-16(28-24-17)11-29-19-23-22-18(25(19)20)14-8-3-4-9-15(14)27-2/h3-10H,11,20H2,1-2H3. The Morgan fingerprint density at radius 1 is 1.07 bits per heavy atom. The second-order valence-electron chi connectivity index (χ2n) is 5.91. The van der Waals surface area contributed by atoms with Crippen LogP contribution in [0.1, 0.15) is 5.89 Å². The van der Waals surface area contributed by atoms with Gasteiger partial charge in [0.15, 0.2) is 5.82 Å². The zero-order valence-corrected chi connectivity index (χ0v) is 16.6. The molecule has 10 heteroatoms. The van der Waals surface area contributed by atoms with Crippen molar-refractivity contribution in [3.8, 4) is 34.3 Å². The highest BCUT2D eigenvalue weighted by Crippen LogP contribution is 2.30. The van der Waals surface area contributed by atoms with Gasteiger partial charge in [-0.15, -0.1) is 10.2 Å². The minimum absolute atomic E-state index is 0.401. The van der Waals surface area contributed by atoms with E-state index in [1.807, 2.05) is 48.5 Å². The third-order valence-electron chi connectivity index (χ3n) is 4.13. The van der Waals surface area contributed by atoms with Gasteiger partial charge in [-0.1, -0.05) is 41.2 Å². The minimum Gasteiger partial charge on any atom is -0.497 e. The van der Waals surface area contributed by atoms with Gasteiger partial charge in [0, 0.05) is 5.56 Å². The maximum absolute atomic E-state index is 6.19. The van der Waals surface area contributed by atoms with Gasteiger partial charge in [-0.25, -0.2) is 4.68 Å². The summed E-state index contributed by atoms with van der Waals surface area (Å²) < 4.78 is 17.4. The van der Waals surface area contributed by atoms with Crippen LogP contribution in [0.2, 0.25) is 0 Å². The zero-order chi connectivity index (χ0) is 20.2. The molecular formula is C19H18N6O3S. The monoisotopic (exact) mass is 410 g/mol. The Hall–Kier alpha value is -3.53. The van der Waals surface area contributed by atoms with E-state index in [0.717, 1.165) is 16.9 Å². The number of nitrogen functional groups attached to an aromatic ring is 1. The molecule has 2 N–H and O–H groups in total. The van der Waals surface area contributed by atoms with E-state index in [0.29, 0.717) is 34.2 Å². The van der Waals surface area contributed by atoms with Crippen LogP contribution in [-0.2, 0) is 5.75 Å². The quantitative estimate of drug-likeness (QED) is 0.363. The van der Waals surface area contributed by atoms with Crippen LogP contribution in [0.3, 0.4) is 0 Å². The lowest BCUT2D eigenvalue weighted by molar-refractivity contribution is 0.391. The highest BCUT2D eigenvalue weighted by molar-refractivity contribution is 7.98. The van der Waals surface area contributed by atoms with Crippen molar-refractivity contribution in [3.05, 3.63) is 54.4 Å². The first-order valence-electron chi connectivity index (χ1n) is 8.63. The number of benzene rings is 2. The molecule has 0 saturated heterocycles. The van der Waals surface area contributed by atoms with E-state index in [2.05, 4.69) is 20.3 Å². The van der Waals surface area contributed by atoms with Gasteiger partial charge in [0.2, 0.25) is 16.9 Å². The summed E-state index contributed by atoms with van der Waals surface area (Å²) in [5.74, 6) is 9.43. The number of hydrogen-bond acceptors (Lipinski definition) is 9. The number of nitrogens with two attached hydrogens (primary N) is 1. The van der Waals surface area contributed by atoms with Crippen molar-refractivity contribution in [1.82, 2.24) is 25.0 Å². The molecule has 148 valence electrons. The molecule has 4 rings (SSSR count). The number of nitrogens with zero attached hydrogens (tertiary/aromatic N) is 5. The molecule has 0 saturated carbocycles. The fraction of sp³-hybridized carbons (Fsp3) is 0.158. The molecule has 0 aliphatic heterocycles. The molecule has 0 spiro atoms. The Morgan fingerprint density at radius 3 is 2.76 bits per heavy atom. The Balaban J connectivity index is 1.49. The normalized spacial score (nSPS) is 10.8. The van der Waals surface area contributed by atoms with Crippen molar-refractivity contribution in [2.75, 3.05) is 20.1 Å². The molecule has 0 aliphatic carbocycles. The first-order chi connectivity index (χ1) is 14.2. The van der Waals surface area contributed by atoms with E-state index in [-0.39, 0.29) is 0 Å². The highest BCUT2D eigenvalue weighted by atomic mass is 32.2. The second kappa shape index (κ2) is 8.23. The van der Waals surface area contributed by atoms with Crippen LogP contribution < -0.4 is 15.3 Å². The lowest BCUT2D eigenvalue weighted by Gasteiger charge is -2.07. The number of hydrogen-bond donors (Lipinski definition) is 1. The fourth-order valence-electron chi connectivity index (χ4n) is 2.71. The lowest BCUT2D eigenvalue weighted by atomic mass is 10.2. The molecule has 0 fully saturated rings. The van der Waals surface area contributed by atoms with E-state index in [1.165, 1.54) is 16.4 Å². The van der Waals surface area contributed by atoms with Crippen LogP contribution >= 0.6 is 11.8 Å². The van der Waals surface area contributed by atoms with E-state index in [1.54, 1.807) is 14.2 Å². The van der Waals surface area contributed by atoms with Crippen LogP contribution in [0, 0.1) is 0 Å². The van der Waals surface area contributed by atoms with Crippen molar-refractivity contribution < 1.29 is 14.0 Å². The minimum atomic E-state index is 0.401. The van der Waals surface area contributed by atoms with E-state index < -0.39 is 0 Å². The van der Waals surface area contributed by atoms with Crippen molar-refractivity contribution in [2.45, 2.75) is 10.9 Å². The third-order valence-corrected chi connectivity index (χ3v) is 5.06. The van der Waals surface area contributed by atoms with E-state index in [9.17, 15) is 0 Å². The Labute approximate surface area is 170 Å². The van der Waals surface area contributed by atoms with Crippen LogP contribution in [0.4, 0.5) is 0 Å². The van der Waals surface area contributed by atoms with Gasteiger partial charge >= 0.3 is 0 Å². The molecule has 0 unspecified atom stereocenters. The molecule has 0 bridgehead atoms. The number of ether oxygens (including phenoxy) is 2. The van der Waals surface area contributed by atoms with Crippen molar-refractivity contribution >= 4 is 11.8 Å². The van der Waals surface area contributed by atoms with Crippen LogP contribution in [0.15, 0.2) is 58.2 Å². The van der Waals surface area contributed by atoms with Gasteiger partial charge in [0.25, 0.3) is 0 Å². The average molecular weight is 410 g/mol. The summed E-state index contributed by atoms with van der Waals surface area (Å²) in [6, 6.07) is 14.9. The molecular weight excluding hydrogens is 392 g/mol. The SMILES string of the molecule is COc1cccc(-c2noc(CSc3nnc(-c4ccccc4OC)n3N)n2)c1. The second-order valence-corrected chi connectivity index (χ2v) is 6.85. The molecule has 29 heavy (non-hydrogen) atoms. The first kappa shape index (κ1) is 18.8. The van der Waals surface area contributed by atoms with Crippen molar-refractivity contribution in [3.63, 3.8) is 0 Å². The summed E-state index contributed by atoms with van der Waals surface area (Å²) in [5, 5.41) is 12.9. The zero-order valence-electron chi connectivity index (χ0n) is 15.8. The summed E-state index contributed by atoms with van der Waals surface area (Å²) >= 11 is 1.35. The summed E-state index contributed by atoms with van der Waals surface area (Å²) in [6.07, 6.45) is 0. The van der Waals surface area contributed by atoms with Gasteiger partial charge in [0.1, 0.15) is 11.5 Å². The van der Waals surface area contributed by atoms with Gasteiger partial charge in [-0.2, -0.15) is 4.98 Å². The molecule has 0 radical (unpaired) electrons. The van der Waals surface area contributed by atoms with Gasteiger partial charge < -0.3 is 19.8 Å². The third kappa shape index (κ3) is 3.87. The number of thioether (sulfide) groups is 1. The molecule has 0 aliphatic rings. The maximum atomic E-state index is 6.19. The van der Waals surface area contributed by atoms with Crippen LogP contribution in [0.5, 0.6) is 11.5 Å². The molecule has 0 amide bonds. The predicted molar refractivity (Wildman–Crippen MR) is 108 cm³/mol. The number of para-hydroxylation sites is 1. The van der Waals surface area contributed by atoms with Crippen LogP contribution in [-0.4, -0.2) is 39.2 Å². The molecule has 9 nitrogen and oxygen atoms in total. The summed E-state index contributed by atoms with van der Waals surface area (Å²) in [4.78, 5) is 4.42. The number of methoxy groups -OCH3 is 2. The topological polar surface area (TPSA) is 114 Å². The predicted octanol–water partition coefficient (Wildman–Crippen LogP) is 3.02. The molecule has 4 aromatic rings. The summed E-state index contributed by atoms with van der Waals surface area (Å²) in [6.45, 7) is 0. The molecule has 2 aromatic carbocycles. The summed E-state index contributed by atoms with van der Waals surface area (Å²) in [5.41, 5.74) is 1.57. The van der Waals surface area contributed by atoms with E-state index >= 15 is 0 Å². The Bertz CT molecular complexity index is 1130. The maximum Gasteiger partial charge on any atom is 0.237 e. The lowest BCUT2D eigenvalue weighted by Crippen LogP contribution is -2.12. The van der Waals surface area contributed by atoms with Crippen LogP contribution in [0.25, 0.3) is 22.8 Å².